The molecular formula is C15H22N2O4S. The summed E-state index contributed by atoms with van der Waals surface area (Å²) in [7, 11) is -3.73. The normalized spacial score (nSPS) is 13.1. The number of nitrogens with zero attached hydrogens (tertiary/aromatic N) is 1. The summed E-state index contributed by atoms with van der Waals surface area (Å²) < 4.78 is 26.1. The smallest absolute Gasteiger partial charge is 0.262 e. The van der Waals surface area contributed by atoms with Crippen LogP contribution in [-0.2, 0) is 21.4 Å². The fourth-order valence-electron chi connectivity index (χ4n) is 2.21. The number of nitrogens with one attached hydrogen (secondary N) is 1. The molecule has 1 unspecified atom stereocenters. The van der Waals surface area contributed by atoms with E-state index in [1.807, 2.05) is 6.07 Å². The summed E-state index contributed by atoms with van der Waals surface area (Å²) in [5.74, 6) is -1.34. The molecule has 22 heavy (non-hydrogen) atoms. The highest BCUT2D eigenvalue weighted by Gasteiger charge is 2.36. The van der Waals surface area contributed by atoms with Crippen LogP contribution in [-0.4, -0.2) is 35.6 Å². The maximum Gasteiger partial charge on any atom is 0.262 e. The number of hydrogen-bond donors (Lipinski definition) is 2. The van der Waals surface area contributed by atoms with Crippen molar-refractivity contribution in [3.8, 4) is 0 Å². The third-order valence-electron chi connectivity index (χ3n) is 3.19. The molecule has 0 bridgehead atoms. The first-order valence-corrected chi connectivity index (χ1v) is 8.52. The van der Waals surface area contributed by atoms with Gasteiger partial charge in [-0.3, -0.25) is 10.0 Å². The van der Waals surface area contributed by atoms with Crippen LogP contribution in [0.25, 0.3) is 0 Å². The summed E-state index contributed by atoms with van der Waals surface area (Å²) >= 11 is 0. The molecule has 0 fully saturated rings. The summed E-state index contributed by atoms with van der Waals surface area (Å²) in [5, 5.41) is 8.92. The van der Waals surface area contributed by atoms with Crippen molar-refractivity contribution in [1.82, 2.24) is 9.79 Å². The topological polar surface area (TPSA) is 86.7 Å². The Labute approximate surface area is 131 Å². The van der Waals surface area contributed by atoms with Crippen LogP contribution in [0.1, 0.15) is 19.4 Å². The molecule has 1 atom stereocenters. The fraction of sp³-hybridized carbons (Fsp3) is 0.400. The standard InChI is InChI=1S/C15H22N2O4S/c1-4-10-22(20,21)17(11-13-8-6-5-7-9-13)14(12(2)3)15(18)16-19/h4-9,12,14,19H,1,10-11H2,2-3H3,(H,16,18). The van der Waals surface area contributed by atoms with Crippen LogP contribution in [0.5, 0.6) is 0 Å². The number of carbonyl (C=O) groups is 1. The van der Waals surface area contributed by atoms with Gasteiger partial charge in [0.15, 0.2) is 0 Å². The van der Waals surface area contributed by atoms with Gasteiger partial charge in [0.05, 0.1) is 5.75 Å². The Morgan fingerprint density at radius 1 is 1.36 bits per heavy atom. The zero-order valence-electron chi connectivity index (χ0n) is 12.8. The van der Waals surface area contributed by atoms with Crippen molar-refractivity contribution in [2.75, 3.05) is 5.75 Å². The lowest BCUT2D eigenvalue weighted by atomic mass is 10.0. The quantitative estimate of drug-likeness (QED) is 0.431. The summed E-state index contributed by atoms with van der Waals surface area (Å²) in [4.78, 5) is 11.9. The molecule has 0 aliphatic heterocycles. The third-order valence-corrected chi connectivity index (χ3v) is 4.92. The van der Waals surface area contributed by atoms with E-state index in [-0.39, 0.29) is 18.2 Å². The molecule has 0 heterocycles. The highest BCUT2D eigenvalue weighted by atomic mass is 32.2. The Balaban J connectivity index is 3.25. The van der Waals surface area contributed by atoms with Crippen LogP contribution in [0.3, 0.4) is 0 Å². The molecule has 1 aromatic carbocycles. The molecule has 0 saturated carbocycles. The van der Waals surface area contributed by atoms with Crippen molar-refractivity contribution in [1.29, 1.82) is 0 Å². The lowest BCUT2D eigenvalue weighted by molar-refractivity contribution is -0.134. The van der Waals surface area contributed by atoms with Crippen LogP contribution in [0.4, 0.5) is 0 Å². The predicted molar refractivity (Wildman–Crippen MR) is 84.5 cm³/mol. The van der Waals surface area contributed by atoms with E-state index in [2.05, 4.69) is 6.58 Å². The first kappa shape index (κ1) is 18.3. The van der Waals surface area contributed by atoms with Crippen molar-refractivity contribution >= 4 is 15.9 Å². The molecule has 1 amide bonds. The summed E-state index contributed by atoms with van der Waals surface area (Å²) in [6.45, 7) is 6.94. The van der Waals surface area contributed by atoms with Crippen molar-refractivity contribution in [3.63, 3.8) is 0 Å². The number of amides is 1. The largest absolute Gasteiger partial charge is 0.289 e. The van der Waals surface area contributed by atoms with Gasteiger partial charge >= 0.3 is 0 Å². The maximum absolute atomic E-state index is 12.5. The van der Waals surface area contributed by atoms with Crippen molar-refractivity contribution in [2.45, 2.75) is 26.4 Å². The Morgan fingerprint density at radius 3 is 2.41 bits per heavy atom. The van der Waals surface area contributed by atoms with Crippen molar-refractivity contribution in [3.05, 3.63) is 48.6 Å². The first-order valence-electron chi connectivity index (χ1n) is 6.91. The molecule has 0 aliphatic carbocycles. The number of sulfonamides is 1. The molecule has 0 aliphatic rings. The van der Waals surface area contributed by atoms with Gasteiger partial charge < -0.3 is 0 Å². The molecule has 1 aromatic rings. The minimum absolute atomic E-state index is 0.0489. The van der Waals surface area contributed by atoms with Crippen LogP contribution in [0, 0.1) is 5.92 Å². The molecule has 7 heteroatoms. The van der Waals surface area contributed by atoms with E-state index < -0.39 is 22.0 Å². The average molecular weight is 326 g/mol. The maximum atomic E-state index is 12.5. The minimum atomic E-state index is -3.73. The number of hydroxylamine groups is 1. The van der Waals surface area contributed by atoms with Gasteiger partial charge in [-0.25, -0.2) is 13.9 Å². The van der Waals surface area contributed by atoms with E-state index in [0.29, 0.717) is 0 Å². The SMILES string of the molecule is C=CCS(=O)(=O)N(Cc1ccccc1)C(C(=O)NO)C(C)C. The van der Waals surface area contributed by atoms with Gasteiger partial charge in [0.2, 0.25) is 10.0 Å². The lowest BCUT2D eigenvalue weighted by Gasteiger charge is -2.31. The Bertz CT molecular complexity index is 599. The molecule has 0 radical (unpaired) electrons. The number of benzene rings is 1. The molecule has 6 nitrogen and oxygen atoms in total. The van der Waals surface area contributed by atoms with Gasteiger partial charge in [-0.2, -0.15) is 4.31 Å². The van der Waals surface area contributed by atoms with E-state index in [0.717, 1.165) is 9.87 Å². The number of hydrogen-bond acceptors (Lipinski definition) is 4. The average Bonchev–Trinajstić information content (AvgIpc) is 2.47. The number of carbonyl (C=O) groups excluding carboxylic acids is 1. The summed E-state index contributed by atoms with van der Waals surface area (Å²) in [6.07, 6.45) is 1.28. The molecular weight excluding hydrogens is 304 g/mol. The van der Waals surface area contributed by atoms with Crippen molar-refractivity contribution < 1.29 is 18.4 Å². The second-order valence-corrected chi connectivity index (χ2v) is 7.23. The Kier molecular flexibility index (Phi) is 6.73. The Hall–Kier alpha value is -1.70. The van der Waals surface area contributed by atoms with E-state index >= 15 is 0 Å². The van der Waals surface area contributed by atoms with Gasteiger partial charge in [-0.15, -0.1) is 6.58 Å². The lowest BCUT2D eigenvalue weighted by Crippen LogP contribution is -2.51. The van der Waals surface area contributed by atoms with Crippen LogP contribution in [0.15, 0.2) is 43.0 Å². The van der Waals surface area contributed by atoms with Crippen LogP contribution in [0.2, 0.25) is 0 Å². The monoisotopic (exact) mass is 326 g/mol. The molecule has 0 aromatic heterocycles. The van der Waals surface area contributed by atoms with Gasteiger partial charge in [-0.05, 0) is 11.5 Å². The third kappa shape index (κ3) is 4.66. The van der Waals surface area contributed by atoms with Gasteiger partial charge in [0, 0.05) is 6.54 Å². The van der Waals surface area contributed by atoms with Gasteiger partial charge in [0.1, 0.15) is 6.04 Å². The summed E-state index contributed by atoms with van der Waals surface area (Å²) in [6, 6.07) is 7.98. The van der Waals surface area contributed by atoms with E-state index in [1.54, 1.807) is 43.6 Å². The highest BCUT2D eigenvalue weighted by molar-refractivity contribution is 7.89. The molecule has 0 spiro atoms. The van der Waals surface area contributed by atoms with Crippen LogP contribution >= 0.6 is 0 Å². The minimum Gasteiger partial charge on any atom is -0.289 e. The zero-order valence-corrected chi connectivity index (χ0v) is 13.6. The second kappa shape index (κ2) is 8.07. The Morgan fingerprint density at radius 2 is 1.95 bits per heavy atom. The van der Waals surface area contributed by atoms with Crippen molar-refractivity contribution in [2.24, 2.45) is 5.92 Å². The number of rotatable bonds is 8. The molecule has 122 valence electrons. The molecule has 0 saturated heterocycles. The predicted octanol–water partition coefficient (Wildman–Crippen LogP) is 1.53. The fourth-order valence-corrected chi connectivity index (χ4v) is 3.73. The molecule has 1 rings (SSSR count). The van der Waals surface area contributed by atoms with E-state index in [4.69, 9.17) is 5.21 Å². The van der Waals surface area contributed by atoms with Gasteiger partial charge in [-0.1, -0.05) is 50.3 Å². The highest BCUT2D eigenvalue weighted by Crippen LogP contribution is 2.20. The van der Waals surface area contributed by atoms with Crippen LogP contribution < -0.4 is 5.48 Å². The zero-order chi connectivity index (χ0) is 16.8. The van der Waals surface area contributed by atoms with E-state index in [9.17, 15) is 13.2 Å². The van der Waals surface area contributed by atoms with E-state index in [1.165, 1.54) is 6.08 Å². The first-order chi connectivity index (χ1) is 10.3. The molecule has 2 N–H and O–H groups in total. The van der Waals surface area contributed by atoms with Gasteiger partial charge in [0.25, 0.3) is 5.91 Å². The summed E-state index contributed by atoms with van der Waals surface area (Å²) in [5.41, 5.74) is 2.31. The second-order valence-electron chi connectivity index (χ2n) is 5.26.